The molecule has 0 atom stereocenters. The number of nitrogens with one attached hydrogen (secondary N) is 1. The number of amides is 1. The topological polar surface area (TPSA) is 56.2 Å². The number of hydrogen-bond donors (Lipinski definition) is 1. The number of imidazole rings is 1. The first-order chi connectivity index (χ1) is 12.1. The molecule has 0 spiro atoms. The van der Waals surface area contributed by atoms with Gasteiger partial charge in [0.15, 0.2) is 6.61 Å². The summed E-state index contributed by atoms with van der Waals surface area (Å²) in [5.74, 6) is 0.270. The van der Waals surface area contributed by atoms with Crippen LogP contribution in [0.5, 0.6) is 5.75 Å². The Morgan fingerprint density at radius 2 is 2.12 bits per heavy atom. The van der Waals surface area contributed by atoms with Gasteiger partial charge in [-0.25, -0.2) is 9.37 Å². The van der Waals surface area contributed by atoms with E-state index in [9.17, 15) is 9.18 Å². The first kappa shape index (κ1) is 17.2. The fourth-order valence-corrected chi connectivity index (χ4v) is 2.80. The molecule has 0 fully saturated rings. The molecule has 1 heterocycles. The molecular weight excluding hydrogens is 345 g/mol. The summed E-state index contributed by atoms with van der Waals surface area (Å²) in [4.78, 5) is 16.5. The number of benzene rings is 2. The lowest BCUT2D eigenvalue weighted by Crippen LogP contribution is -2.29. The van der Waals surface area contributed by atoms with Gasteiger partial charge in [0.2, 0.25) is 0 Å². The van der Waals surface area contributed by atoms with E-state index in [1.807, 2.05) is 35.8 Å². The van der Waals surface area contributed by atoms with E-state index < -0.39 is 5.82 Å². The molecule has 0 aliphatic rings. The number of para-hydroxylation sites is 2. The van der Waals surface area contributed by atoms with E-state index in [-0.39, 0.29) is 23.3 Å². The minimum Gasteiger partial charge on any atom is -0.482 e. The van der Waals surface area contributed by atoms with E-state index in [2.05, 4.69) is 10.3 Å². The predicted molar refractivity (Wildman–Crippen MR) is 94.2 cm³/mol. The zero-order chi connectivity index (χ0) is 17.8. The molecule has 0 saturated heterocycles. The molecule has 0 bridgehead atoms. The number of carbonyl (C=O) groups excluding carboxylic acids is 1. The monoisotopic (exact) mass is 361 g/mol. The molecule has 5 nitrogen and oxygen atoms in total. The molecule has 25 heavy (non-hydrogen) atoms. The van der Waals surface area contributed by atoms with Gasteiger partial charge < -0.3 is 14.6 Å². The lowest BCUT2D eigenvalue weighted by Gasteiger charge is -2.10. The number of hydrogen-bond acceptors (Lipinski definition) is 3. The summed E-state index contributed by atoms with van der Waals surface area (Å²) in [6.07, 6.45) is 0. The average Bonchev–Trinajstić information content (AvgIpc) is 2.96. The van der Waals surface area contributed by atoms with E-state index in [1.165, 1.54) is 12.1 Å². The Hall–Kier alpha value is -2.60. The Kier molecular flexibility index (Phi) is 5.19. The van der Waals surface area contributed by atoms with Crippen LogP contribution >= 0.6 is 11.6 Å². The molecule has 1 N–H and O–H groups in total. The van der Waals surface area contributed by atoms with Gasteiger partial charge in [0.25, 0.3) is 5.91 Å². The predicted octanol–water partition coefficient (Wildman–Crippen LogP) is 3.54. The second-order valence-electron chi connectivity index (χ2n) is 5.40. The fraction of sp³-hybridized carbons (Fsp3) is 0.222. The number of aryl methyl sites for hydroxylation is 1. The summed E-state index contributed by atoms with van der Waals surface area (Å²) in [6.45, 7) is 2.87. The summed E-state index contributed by atoms with van der Waals surface area (Å²) in [6, 6.07) is 11.6. The highest BCUT2D eigenvalue weighted by Gasteiger charge is 2.11. The summed E-state index contributed by atoms with van der Waals surface area (Å²) in [5.41, 5.74) is 1.92. The first-order valence-corrected chi connectivity index (χ1v) is 8.25. The maximum absolute atomic E-state index is 13.0. The van der Waals surface area contributed by atoms with Gasteiger partial charge in [-0.2, -0.15) is 0 Å². The summed E-state index contributed by atoms with van der Waals surface area (Å²) in [7, 11) is 0. The fourth-order valence-electron chi connectivity index (χ4n) is 2.58. The molecule has 1 aromatic heterocycles. The molecule has 3 rings (SSSR count). The van der Waals surface area contributed by atoms with Crippen LogP contribution in [-0.4, -0.2) is 22.1 Å². The molecule has 7 heteroatoms. The van der Waals surface area contributed by atoms with Crippen molar-refractivity contribution in [1.82, 2.24) is 14.9 Å². The highest BCUT2D eigenvalue weighted by Crippen LogP contribution is 2.24. The Bertz CT molecular complexity index is 910. The van der Waals surface area contributed by atoms with Crippen LogP contribution in [0.4, 0.5) is 4.39 Å². The van der Waals surface area contributed by atoms with Crippen molar-refractivity contribution in [3.8, 4) is 5.75 Å². The van der Waals surface area contributed by atoms with Crippen molar-refractivity contribution in [1.29, 1.82) is 0 Å². The largest absolute Gasteiger partial charge is 0.482 e. The van der Waals surface area contributed by atoms with Gasteiger partial charge in [-0.05, 0) is 37.3 Å². The number of halogens is 2. The smallest absolute Gasteiger partial charge is 0.258 e. The molecule has 0 radical (unpaired) electrons. The lowest BCUT2D eigenvalue weighted by molar-refractivity contribution is -0.123. The molecule has 0 saturated carbocycles. The molecule has 1 amide bonds. The van der Waals surface area contributed by atoms with Crippen LogP contribution in [0, 0.1) is 5.82 Å². The number of carbonyl (C=O) groups is 1. The van der Waals surface area contributed by atoms with Gasteiger partial charge in [-0.15, -0.1) is 0 Å². The maximum atomic E-state index is 13.0. The van der Waals surface area contributed by atoms with Crippen molar-refractivity contribution in [3.05, 3.63) is 59.1 Å². The van der Waals surface area contributed by atoms with Gasteiger partial charge in [-0.3, -0.25) is 4.79 Å². The number of nitrogens with zero attached hydrogens (tertiary/aromatic N) is 2. The van der Waals surface area contributed by atoms with Gasteiger partial charge >= 0.3 is 0 Å². The second-order valence-corrected chi connectivity index (χ2v) is 5.81. The molecule has 0 aliphatic carbocycles. The Labute approximate surface area is 149 Å². The van der Waals surface area contributed by atoms with Gasteiger partial charge in [-0.1, -0.05) is 23.7 Å². The molecule has 130 valence electrons. The van der Waals surface area contributed by atoms with Crippen molar-refractivity contribution in [2.75, 3.05) is 6.61 Å². The number of fused-ring (bicyclic) bond motifs is 1. The maximum Gasteiger partial charge on any atom is 0.258 e. The van der Waals surface area contributed by atoms with Crippen molar-refractivity contribution >= 4 is 28.5 Å². The zero-order valence-corrected chi connectivity index (χ0v) is 14.4. The van der Waals surface area contributed by atoms with Crippen LogP contribution < -0.4 is 10.1 Å². The SMILES string of the molecule is CCn1c(CNC(=O)COc2ccc(F)cc2Cl)nc2ccccc21. The van der Waals surface area contributed by atoms with Crippen molar-refractivity contribution in [2.24, 2.45) is 0 Å². The molecule has 0 aliphatic heterocycles. The Balaban J connectivity index is 1.61. The number of ether oxygens (including phenoxy) is 1. The van der Waals surface area contributed by atoms with Crippen LogP contribution in [0.1, 0.15) is 12.7 Å². The van der Waals surface area contributed by atoms with Crippen molar-refractivity contribution in [3.63, 3.8) is 0 Å². The standard InChI is InChI=1S/C18H17ClFN3O2/c1-2-23-15-6-4-3-5-14(15)22-17(23)10-21-18(24)11-25-16-8-7-12(20)9-13(16)19/h3-9H,2,10-11H2,1H3,(H,21,24). The van der Waals surface area contributed by atoms with Gasteiger partial charge in [0.05, 0.1) is 22.6 Å². The van der Waals surface area contributed by atoms with Crippen LogP contribution in [0.25, 0.3) is 11.0 Å². The minimum atomic E-state index is -0.458. The quantitative estimate of drug-likeness (QED) is 0.730. The Morgan fingerprint density at radius 3 is 2.88 bits per heavy atom. The highest BCUT2D eigenvalue weighted by atomic mass is 35.5. The third kappa shape index (κ3) is 3.91. The van der Waals surface area contributed by atoms with E-state index >= 15 is 0 Å². The third-order valence-corrected chi connectivity index (χ3v) is 4.04. The normalized spacial score (nSPS) is 10.8. The summed E-state index contributed by atoms with van der Waals surface area (Å²) >= 11 is 5.86. The summed E-state index contributed by atoms with van der Waals surface area (Å²) in [5, 5.41) is 2.90. The third-order valence-electron chi connectivity index (χ3n) is 3.75. The summed E-state index contributed by atoms with van der Waals surface area (Å²) < 4.78 is 20.4. The second kappa shape index (κ2) is 7.53. The van der Waals surface area contributed by atoms with Crippen LogP contribution in [0.3, 0.4) is 0 Å². The molecule has 2 aromatic carbocycles. The number of rotatable bonds is 6. The van der Waals surface area contributed by atoms with Crippen LogP contribution in [0.15, 0.2) is 42.5 Å². The van der Waals surface area contributed by atoms with Crippen LogP contribution in [-0.2, 0) is 17.9 Å². The molecule has 3 aromatic rings. The zero-order valence-electron chi connectivity index (χ0n) is 13.6. The van der Waals surface area contributed by atoms with Crippen molar-refractivity contribution in [2.45, 2.75) is 20.0 Å². The average molecular weight is 362 g/mol. The molecular formula is C18H17ClFN3O2. The molecule has 0 unspecified atom stereocenters. The minimum absolute atomic E-state index is 0.126. The Morgan fingerprint density at radius 1 is 1.32 bits per heavy atom. The van der Waals surface area contributed by atoms with E-state index in [0.717, 1.165) is 29.5 Å². The van der Waals surface area contributed by atoms with Gasteiger partial charge in [0.1, 0.15) is 17.4 Å². The van der Waals surface area contributed by atoms with Crippen LogP contribution in [0.2, 0.25) is 5.02 Å². The van der Waals surface area contributed by atoms with E-state index in [4.69, 9.17) is 16.3 Å². The highest BCUT2D eigenvalue weighted by molar-refractivity contribution is 6.32. The van der Waals surface area contributed by atoms with E-state index in [0.29, 0.717) is 6.54 Å². The first-order valence-electron chi connectivity index (χ1n) is 7.87. The lowest BCUT2D eigenvalue weighted by atomic mass is 10.3. The number of aromatic nitrogens is 2. The van der Waals surface area contributed by atoms with E-state index in [1.54, 1.807) is 0 Å². The van der Waals surface area contributed by atoms with Gasteiger partial charge in [0, 0.05) is 6.54 Å². The van der Waals surface area contributed by atoms with Crippen molar-refractivity contribution < 1.29 is 13.9 Å².